The van der Waals surface area contributed by atoms with Gasteiger partial charge in [-0.05, 0) is 43.7 Å². The van der Waals surface area contributed by atoms with Gasteiger partial charge in [0.1, 0.15) is 5.01 Å². The number of hydrogen-bond donors (Lipinski definition) is 2. The molecular weight excluding hydrogens is 242 g/mol. The zero-order valence-electron chi connectivity index (χ0n) is 10.2. The van der Waals surface area contributed by atoms with Gasteiger partial charge in [-0.25, -0.2) is 4.98 Å². The van der Waals surface area contributed by atoms with Gasteiger partial charge >= 0.3 is 0 Å². The number of anilines is 1. The summed E-state index contributed by atoms with van der Waals surface area (Å²) in [5.74, 6) is 0. The largest absolute Gasteiger partial charge is 0.383 e. The molecule has 4 heteroatoms. The summed E-state index contributed by atoms with van der Waals surface area (Å²) in [5, 5.41) is 10.1. The van der Waals surface area contributed by atoms with Crippen molar-refractivity contribution in [3.05, 3.63) is 35.8 Å². The van der Waals surface area contributed by atoms with Gasteiger partial charge in [0.2, 0.25) is 0 Å². The van der Waals surface area contributed by atoms with Gasteiger partial charge in [-0.15, -0.1) is 11.3 Å². The summed E-state index contributed by atoms with van der Waals surface area (Å²) in [7, 11) is 0. The van der Waals surface area contributed by atoms with Crippen molar-refractivity contribution in [1.82, 2.24) is 10.3 Å². The van der Waals surface area contributed by atoms with E-state index in [1.807, 2.05) is 11.6 Å². The van der Waals surface area contributed by atoms with Crippen molar-refractivity contribution < 1.29 is 0 Å². The molecule has 0 radical (unpaired) electrons. The minimum atomic E-state index is 0.628. The fourth-order valence-electron chi connectivity index (χ4n) is 2.27. The number of rotatable bonds is 4. The maximum absolute atomic E-state index is 4.31. The maximum Gasteiger partial charge on any atom is 0.123 e. The van der Waals surface area contributed by atoms with Crippen LogP contribution in [-0.2, 0) is 0 Å². The molecule has 1 saturated heterocycles. The molecular formula is C14H17N3S. The molecule has 0 aliphatic carbocycles. The highest BCUT2D eigenvalue weighted by molar-refractivity contribution is 7.13. The van der Waals surface area contributed by atoms with E-state index in [0.29, 0.717) is 6.04 Å². The SMILES string of the molecule is c1csc(-c2ccc(NCC3CCCN3)cc2)n1. The summed E-state index contributed by atoms with van der Waals surface area (Å²) in [6.45, 7) is 2.17. The summed E-state index contributed by atoms with van der Waals surface area (Å²) in [6, 6.07) is 9.15. The Labute approximate surface area is 111 Å². The Bertz CT molecular complexity index is 472. The van der Waals surface area contributed by atoms with Crippen molar-refractivity contribution in [2.45, 2.75) is 18.9 Å². The Morgan fingerprint density at radius 2 is 2.22 bits per heavy atom. The van der Waals surface area contributed by atoms with Gasteiger partial charge in [-0.3, -0.25) is 0 Å². The zero-order valence-corrected chi connectivity index (χ0v) is 11.0. The molecule has 1 aromatic carbocycles. The van der Waals surface area contributed by atoms with Gasteiger partial charge in [0, 0.05) is 35.4 Å². The molecule has 3 rings (SSSR count). The molecule has 3 nitrogen and oxygen atoms in total. The Morgan fingerprint density at radius 3 is 2.89 bits per heavy atom. The van der Waals surface area contributed by atoms with Crippen LogP contribution in [0.1, 0.15) is 12.8 Å². The monoisotopic (exact) mass is 259 g/mol. The first-order valence-electron chi connectivity index (χ1n) is 6.39. The van der Waals surface area contributed by atoms with Crippen LogP contribution < -0.4 is 10.6 Å². The first kappa shape index (κ1) is 11.7. The van der Waals surface area contributed by atoms with E-state index in [0.717, 1.165) is 18.1 Å². The van der Waals surface area contributed by atoms with Gasteiger partial charge < -0.3 is 10.6 Å². The molecule has 1 fully saturated rings. The number of benzene rings is 1. The highest BCUT2D eigenvalue weighted by Crippen LogP contribution is 2.23. The van der Waals surface area contributed by atoms with E-state index in [-0.39, 0.29) is 0 Å². The molecule has 2 heterocycles. The summed E-state index contributed by atoms with van der Waals surface area (Å²) < 4.78 is 0. The number of hydrogen-bond acceptors (Lipinski definition) is 4. The van der Waals surface area contributed by atoms with E-state index >= 15 is 0 Å². The maximum atomic E-state index is 4.31. The lowest BCUT2D eigenvalue weighted by Gasteiger charge is -2.12. The van der Waals surface area contributed by atoms with Crippen LogP contribution in [0.2, 0.25) is 0 Å². The average molecular weight is 259 g/mol. The van der Waals surface area contributed by atoms with Gasteiger partial charge in [0.05, 0.1) is 0 Å². The molecule has 1 atom stereocenters. The van der Waals surface area contributed by atoms with Crippen LogP contribution in [-0.4, -0.2) is 24.1 Å². The third kappa shape index (κ3) is 2.71. The fourth-order valence-corrected chi connectivity index (χ4v) is 2.91. The topological polar surface area (TPSA) is 37.0 Å². The molecule has 2 N–H and O–H groups in total. The van der Waals surface area contributed by atoms with Crippen LogP contribution in [0.15, 0.2) is 35.8 Å². The smallest absolute Gasteiger partial charge is 0.123 e. The standard InChI is InChI=1S/C14H17N3S/c1-2-13(15-7-1)10-17-12-5-3-11(4-6-12)14-16-8-9-18-14/h3-6,8-9,13,15,17H,1-2,7,10H2. The lowest BCUT2D eigenvalue weighted by atomic mass is 10.2. The van der Waals surface area contributed by atoms with E-state index < -0.39 is 0 Å². The summed E-state index contributed by atoms with van der Waals surface area (Å²) in [5.41, 5.74) is 2.37. The summed E-state index contributed by atoms with van der Waals surface area (Å²) in [4.78, 5) is 4.31. The van der Waals surface area contributed by atoms with E-state index in [9.17, 15) is 0 Å². The van der Waals surface area contributed by atoms with E-state index in [1.165, 1.54) is 24.1 Å². The molecule has 18 heavy (non-hydrogen) atoms. The first-order valence-corrected chi connectivity index (χ1v) is 7.27. The molecule has 0 saturated carbocycles. The van der Waals surface area contributed by atoms with Crippen LogP contribution in [0.25, 0.3) is 10.6 Å². The molecule has 94 valence electrons. The minimum absolute atomic E-state index is 0.628. The van der Waals surface area contributed by atoms with Crippen molar-refractivity contribution >= 4 is 17.0 Å². The van der Waals surface area contributed by atoms with Crippen molar-refractivity contribution in [3.63, 3.8) is 0 Å². The Morgan fingerprint density at radius 1 is 1.33 bits per heavy atom. The summed E-state index contributed by atoms with van der Waals surface area (Å²) in [6.07, 6.45) is 4.43. The second-order valence-corrected chi connectivity index (χ2v) is 5.48. The molecule has 1 aliphatic heterocycles. The lowest BCUT2D eigenvalue weighted by Crippen LogP contribution is -2.29. The lowest BCUT2D eigenvalue weighted by molar-refractivity contribution is 0.633. The predicted octanol–water partition coefficient (Wildman–Crippen LogP) is 2.97. The van der Waals surface area contributed by atoms with Crippen molar-refractivity contribution in [2.75, 3.05) is 18.4 Å². The highest BCUT2D eigenvalue weighted by atomic mass is 32.1. The normalized spacial score (nSPS) is 19.0. The summed E-state index contributed by atoms with van der Waals surface area (Å²) >= 11 is 1.67. The van der Waals surface area contributed by atoms with Gasteiger partial charge in [-0.1, -0.05) is 0 Å². The third-order valence-corrected chi connectivity index (χ3v) is 4.10. The van der Waals surface area contributed by atoms with Crippen LogP contribution in [0.3, 0.4) is 0 Å². The molecule has 2 aromatic rings. The van der Waals surface area contributed by atoms with Crippen LogP contribution >= 0.6 is 11.3 Å². The van der Waals surface area contributed by atoms with E-state index in [1.54, 1.807) is 11.3 Å². The van der Waals surface area contributed by atoms with Crippen molar-refractivity contribution in [1.29, 1.82) is 0 Å². The number of nitrogens with zero attached hydrogens (tertiary/aromatic N) is 1. The zero-order chi connectivity index (χ0) is 12.2. The van der Waals surface area contributed by atoms with Gasteiger partial charge in [0.15, 0.2) is 0 Å². The van der Waals surface area contributed by atoms with Crippen LogP contribution in [0, 0.1) is 0 Å². The number of nitrogens with one attached hydrogen (secondary N) is 2. The first-order chi connectivity index (χ1) is 8.92. The second-order valence-electron chi connectivity index (χ2n) is 4.59. The van der Waals surface area contributed by atoms with Crippen LogP contribution in [0.5, 0.6) is 0 Å². The van der Waals surface area contributed by atoms with Crippen molar-refractivity contribution in [2.24, 2.45) is 0 Å². The molecule has 1 unspecified atom stereocenters. The number of thiazole rings is 1. The van der Waals surface area contributed by atoms with Crippen molar-refractivity contribution in [3.8, 4) is 10.6 Å². The minimum Gasteiger partial charge on any atom is -0.383 e. The highest BCUT2D eigenvalue weighted by Gasteiger charge is 2.12. The molecule has 0 amide bonds. The quantitative estimate of drug-likeness (QED) is 0.886. The van der Waals surface area contributed by atoms with E-state index in [2.05, 4.69) is 39.9 Å². The molecule has 0 spiro atoms. The fraction of sp³-hybridized carbons (Fsp3) is 0.357. The Kier molecular flexibility index (Phi) is 3.57. The third-order valence-electron chi connectivity index (χ3n) is 3.28. The van der Waals surface area contributed by atoms with Gasteiger partial charge in [0.25, 0.3) is 0 Å². The molecule has 1 aromatic heterocycles. The van der Waals surface area contributed by atoms with Crippen LogP contribution in [0.4, 0.5) is 5.69 Å². The molecule has 1 aliphatic rings. The number of aromatic nitrogens is 1. The van der Waals surface area contributed by atoms with E-state index in [4.69, 9.17) is 0 Å². The average Bonchev–Trinajstić information content (AvgIpc) is 3.10. The second kappa shape index (κ2) is 5.50. The Balaban J connectivity index is 1.60. The predicted molar refractivity (Wildman–Crippen MR) is 77.1 cm³/mol. The van der Waals surface area contributed by atoms with Gasteiger partial charge in [-0.2, -0.15) is 0 Å². The molecule has 0 bridgehead atoms. The Hall–Kier alpha value is -1.39.